The molecule has 0 spiro atoms. The fraction of sp³-hybridized carbons (Fsp3) is 0.611. The third-order valence-electron chi connectivity index (χ3n) is 3.95. The number of hydrogen-bond donors (Lipinski definition) is 1. The second-order valence-corrected chi connectivity index (χ2v) is 5.50. The number of nitrogens with zero attached hydrogens (tertiary/aromatic N) is 1. The lowest BCUT2D eigenvalue weighted by atomic mass is 10.00. The number of amides is 1. The van der Waals surface area contributed by atoms with E-state index in [4.69, 9.17) is 0 Å². The summed E-state index contributed by atoms with van der Waals surface area (Å²) < 4.78 is 0. The van der Waals surface area contributed by atoms with Gasteiger partial charge in [-0.3, -0.25) is 10.1 Å². The molecular formula is C18H30N2O. The molecule has 2 unspecified atom stereocenters. The topological polar surface area (TPSA) is 32.3 Å². The number of hydrogen-bond acceptors (Lipinski definition) is 2. The van der Waals surface area contributed by atoms with E-state index in [1.54, 1.807) is 0 Å². The van der Waals surface area contributed by atoms with E-state index in [1.807, 2.05) is 31.7 Å². The molecule has 0 aliphatic carbocycles. The highest BCUT2D eigenvalue weighted by Crippen LogP contribution is 2.20. The Morgan fingerprint density at radius 2 is 1.76 bits per heavy atom. The first-order valence-corrected chi connectivity index (χ1v) is 8.23. The van der Waals surface area contributed by atoms with Gasteiger partial charge in [0.1, 0.15) is 0 Å². The summed E-state index contributed by atoms with van der Waals surface area (Å²) in [6.07, 6.45) is 3.40. The molecule has 1 rings (SSSR count). The third kappa shape index (κ3) is 5.50. The zero-order chi connectivity index (χ0) is 15.7. The Kier molecular flexibility index (Phi) is 8.06. The summed E-state index contributed by atoms with van der Waals surface area (Å²) in [5, 5.41) is 3.53. The van der Waals surface area contributed by atoms with Crippen LogP contribution in [0.15, 0.2) is 30.3 Å². The van der Waals surface area contributed by atoms with Gasteiger partial charge in [-0.1, -0.05) is 50.1 Å². The van der Waals surface area contributed by atoms with Crippen molar-refractivity contribution in [3.05, 3.63) is 35.9 Å². The number of rotatable bonds is 9. The largest absolute Gasteiger partial charge is 0.342 e. The predicted molar refractivity (Wildman–Crippen MR) is 89.2 cm³/mol. The van der Waals surface area contributed by atoms with Crippen molar-refractivity contribution in [2.45, 2.75) is 59.0 Å². The van der Waals surface area contributed by atoms with Gasteiger partial charge in [-0.15, -0.1) is 0 Å². The third-order valence-corrected chi connectivity index (χ3v) is 3.95. The van der Waals surface area contributed by atoms with Crippen molar-refractivity contribution in [3.63, 3.8) is 0 Å². The lowest BCUT2D eigenvalue weighted by molar-refractivity contribution is -0.132. The number of nitrogens with one attached hydrogen (secondary N) is 1. The standard InChI is InChI=1S/C18H30N2O/c1-5-8-14-17(16-12-10-9-11-13-16)19-15(4)18(21)20(6-2)7-3/h9-13,15,17,19H,5-8,14H2,1-4H3. The molecule has 0 aliphatic rings. The van der Waals surface area contributed by atoms with Gasteiger partial charge in [0.25, 0.3) is 0 Å². The highest BCUT2D eigenvalue weighted by atomic mass is 16.2. The number of carbonyl (C=O) groups is 1. The fourth-order valence-corrected chi connectivity index (χ4v) is 2.62. The summed E-state index contributed by atoms with van der Waals surface area (Å²) in [5.74, 6) is 0.192. The molecule has 1 N–H and O–H groups in total. The molecule has 2 atom stereocenters. The molecule has 3 heteroatoms. The van der Waals surface area contributed by atoms with Crippen molar-refractivity contribution < 1.29 is 4.79 Å². The predicted octanol–water partition coefficient (Wildman–Crippen LogP) is 3.76. The van der Waals surface area contributed by atoms with Gasteiger partial charge in [0.2, 0.25) is 5.91 Å². The first kappa shape index (κ1) is 17.7. The molecule has 118 valence electrons. The molecule has 0 fully saturated rings. The second kappa shape index (κ2) is 9.56. The molecule has 1 aromatic rings. The molecule has 0 aliphatic heterocycles. The van der Waals surface area contributed by atoms with Gasteiger partial charge in [-0.25, -0.2) is 0 Å². The smallest absolute Gasteiger partial charge is 0.239 e. The number of benzene rings is 1. The Balaban J connectivity index is 2.74. The average Bonchev–Trinajstić information content (AvgIpc) is 2.53. The van der Waals surface area contributed by atoms with Gasteiger partial charge in [0, 0.05) is 19.1 Å². The molecule has 0 aromatic heterocycles. The van der Waals surface area contributed by atoms with Gasteiger partial charge >= 0.3 is 0 Å². The van der Waals surface area contributed by atoms with E-state index in [9.17, 15) is 4.79 Å². The molecule has 3 nitrogen and oxygen atoms in total. The summed E-state index contributed by atoms with van der Waals surface area (Å²) in [4.78, 5) is 14.3. The molecule has 0 bridgehead atoms. The minimum absolute atomic E-state index is 0.146. The highest BCUT2D eigenvalue weighted by molar-refractivity contribution is 5.81. The summed E-state index contributed by atoms with van der Waals surface area (Å²) >= 11 is 0. The molecule has 0 radical (unpaired) electrons. The van der Waals surface area contributed by atoms with Crippen molar-refractivity contribution in [1.82, 2.24) is 10.2 Å². The van der Waals surface area contributed by atoms with E-state index in [-0.39, 0.29) is 18.0 Å². The van der Waals surface area contributed by atoms with E-state index >= 15 is 0 Å². The second-order valence-electron chi connectivity index (χ2n) is 5.50. The van der Waals surface area contributed by atoms with Crippen molar-refractivity contribution in [1.29, 1.82) is 0 Å². The van der Waals surface area contributed by atoms with Crippen LogP contribution in [-0.4, -0.2) is 29.9 Å². The SMILES string of the molecule is CCCCC(NC(C)C(=O)N(CC)CC)c1ccccc1. The van der Waals surface area contributed by atoms with Crippen LogP contribution in [0.2, 0.25) is 0 Å². The zero-order valence-electron chi connectivity index (χ0n) is 13.9. The molecule has 1 amide bonds. The maximum absolute atomic E-state index is 12.4. The van der Waals surface area contributed by atoms with Crippen LogP contribution in [0.1, 0.15) is 58.6 Å². The van der Waals surface area contributed by atoms with Crippen LogP contribution < -0.4 is 5.32 Å². The van der Waals surface area contributed by atoms with Gasteiger partial charge in [0.05, 0.1) is 6.04 Å². The Hall–Kier alpha value is -1.35. The number of unbranched alkanes of at least 4 members (excludes halogenated alkanes) is 1. The van der Waals surface area contributed by atoms with E-state index < -0.39 is 0 Å². The summed E-state index contributed by atoms with van der Waals surface area (Å²) in [7, 11) is 0. The lowest BCUT2D eigenvalue weighted by Crippen LogP contribution is -2.45. The van der Waals surface area contributed by atoms with E-state index in [1.165, 1.54) is 18.4 Å². The van der Waals surface area contributed by atoms with E-state index in [0.717, 1.165) is 19.5 Å². The van der Waals surface area contributed by atoms with Crippen molar-refractivity contribution in [3.8, 4) is 0 Å². The minimum Gasteiger partial charge on any atom is -0.342 e. The van der Waals surface area contributed by atoms with Gasteiger partial charge in [0.15, 0.2) is 0 Å². The van der Waals surface area contributed by atoms with Gasteiger partial charge in [-0.2, -0.15) is 0 Å². The quantitative estimate of drug-likeness (QED) is 0.751. The average molecular weight is 290 g/mol. The van der Waals surface area contributed by atoms with Crippen LogP contribution in [0.3, 0.4) is 0 Å². The highest BCUT2D eigenvalue weighted by Gasteiger charge is 2.21. The van der Waals surface area contributed by atoms with Crippen molar-refractivity contribution >= 4 is 5.91 Å². The Morgan fingerprint density at radius 3 is 2.29 bits per heavy atom. The van der Waals surface area contributed by atoms with Crippen LogP contribution in [0, 0.1) is 0 Å². The zero-order valence-corrected chi connectivity index (χ0v) is 13.9. The monoisotopic (exact) mass is 290 g/mol. The van der Waals surface area contributed by atoms with E-state index in [2.05, 4.69) is 36.5 Å². The fourth-order valence-electron chi connectivity index (χ4n) is 2.62. The molecule has 0 saturated carbocycles. The number of carbonyl (C=O) groups excluding carboxylic acids is 1. The van der Waals surface area contributed by atoms with Crippen molar-refractivity contribution in [2.24, 2.45) is 0 Å². The maximum atomic E-state index is 12.4. The van der Waals surface area contributed by atoms with Gasteiger partial charge < -0.3 is 4.90 Å². The maximum Gasteiger partial charge on any atom is 0.239 e. The Morgan fingerprint density at radius 1 is 1.14 bits per heavy atom. The molecule has 21 heavy (non-hydrogen) atoms. The Bertz CT molecular complexity index is 401. The van der Waals surface area contributed by atoms with Crippen LogP contribution in [0.4, 0.5) is 0 Å². The normalized spacial score (nSPS) is 13.7. The Labute approximate surface area is 129 Å². The van der Waals surface area contributed by atoms with Crippen LogP contribution in [0.25, 0.3) is 0 Å². The molecular weight excluding hydrogens is 260 g/mol. The summed E-state index contributed by atoms with van der Waals surface area (Å²) in [6.45, 7) is 9.77. The molecule has 1 aromatic carbocycles. The van der Waals surface area contributed by atoms with E-state index in [0.29, 0.717) is 0 Å². The van der Waals surface area contributed by atoms with Gasteiger partial charge in [-0.05, 0) is 32.8 Å². The minimum atomic E-state index is -0.146. The molecule has 0 saturated heterocycles. The first-order valence-electron chi connectivity index (χ1n) is 8.23. The lowest BCUT2D eigenvalue weighted by Gasteiger charge is -2.27. The van der Waals surface area contributed by atoms with Crippen LogP contribution in [0.5, 0.6) is 0 Å². The number of likely N-dealkylation sites (N-methyl/N-ethyl adjacent to an activating group) is 1. The van der Waals surface area contributed by atoms with Crippen LogP contribution >= 0.6 is 0 Å². The van der Waals surface area contributed by atoms with Crippen molar-refractivity contribution in [2.75, 3.05) is 13.1 Å². The van der Waals surface area contributed by atoms with Crippen LogP contribution in [-0.2, 0) is 4.79 Å². The molecule has 0 heterocycles. The summed E-state index contributed by atoms with van der Waals surface area (Å²) in [6, 6.07) is 10.5. The summed E-state index contributed by atoms with van der Waals surface area (Å²) in [5.41, 5.74) is 1.27. The first-order chi connectivity index (χ1) is 10.1.